The summed E-state index contributed by atoms with van der Waals surface area (Å²) in [6.45, 7) is 3.24. The third-order valence-corrected chi connectivity index (χ3v) is 3.55. The van der Waals surface area contributed by atoms with E-state index in [2.05, 4.69) is 15.6 Å². The normalized spacial score (nSPS) is 16.5. The number of nitrogens with one attached hydrogen (secondary N) is 2. The maximum atomic E-state index is 11.9. The number of hydrogen-bond donors (Lipinski definition) is 3. The molecule has 1 aromatic carbocycles. The highest BCUT2D eigenvalue weighted by Crippen LogP contribution is 2.20. The number of hydrazine groups is 1. The van der Waals surface area contributed by atoms with E-state index in [1.807, 2.05) is 12.1 Å². The highest BCUT2D eigenvalue weighted by Gasteiger charge is 2.16. The summed E-state index contributed by atoms with van der Waals surface area (Å²) in [5.74, 6) is -1.14. The Balaban J connectivity index is 1.93. The molecule has 7 nitrogen and oxygen atoms in total. The number of rotatable bonds is 3. The molecule has 1 aromatic rings. The van der Waals surface area contributed by atoms with Gasteiger partial charge in [-0.2, -0.15) is 0 Å². The van der Waals surface area contributed by atoms with Crippen LogP contribution in [0.25, 0.3) is 0 Å². The summed E-state index contributed by atoms with van der Waals surface area (Å²) in [6.07, 6.45) is 0. The summed E-state index contributed by atoms with van der Waals surface area (Å²) in [6, 6.07) is 3.92. The fourth-order valence-corrected chi connectivity index (χ4v) is 2.19. The van der Waals surface area contributed by atoms with E-state index >= 15 is 0 Å². The molecule has 0 atom stereocenters. The average molecular weight is 313 g/mol. The average Bonchev–Trinajstić information content (AvgIpc) is 2.43. The van der Waals surface area contributed by atoms with Gasteiger partial charge in [0.15, 0.2) is 0 Å². The van der Waals surface area contributed by atoms with E-state index in [-0.39, 0.29) is 10.6 Å². The Morgan fingerprint density at radius 2 is 1.90 bits per heavy atom. The van der Waals surface area contributed by atoms with E-state index in [0.717, 1.165) is 26.2 Å². The number of amides is 2. The predicted octanol–water partition coefficient (Wildman–Crippen LogP) is 1.32. The summed E-state index contributed by atoms with van der Waals surface area (Å²) < 4.78 is 0. The van der Waals surface area contributed by atoms with Gasteiger partial charge in [-0.05, 0) is 25.2 Å². The molecule has 1 heterocycles. The molecule has 1 aliphatic rings. The van der Waals surface area contributed by atoms with E-state index in [1.54, 1.807) is 6.07 Å². The van der Waals surface area contributed by atoms with Crippen LogP contribution in [-0.2, 0) is 0 Å². The van der Waals surface area contributed by atoms with Gasteiger partial charge in [-0.3, -0.25) is 5.43 Å². The van der Waals surface area contributed by atoms with E-state index in [4.69, 9.17) is 16.7 Å². The minimum atomic E-state index is -1.14. The van der Waals surface area contributed by atoms with Crippen LogP contribution >= 0.6 is 11.6 Å². The highest BCUT2D eigenvalue weighted by molar-refractivity contribution is 6.33. The molecule has 3 N–H and O–H groups in total. The third-order valence-electron chi connectivity index (χ3n) is 3.22. The number of likely N-dealkylation sites (N-methyl/N-ethyl adjacent to an activating group) is 1. The van der Waals surface area contributed by atoms with Crippen molar-refractivity contribution in [3.05, 3.63) is 28.8 Å². The fourth-order valence-electron chi connectivity index (χ4n) is 1.99. The first kappa shape index (κ1) is 15.6. The number of anilines is 1. The molecule has 0 radical (unpaired) electrons. The van der Waals surface area contributed by atoms with Crippen molar-refractivity contribution in [2.75, 3.05) is 38.5 Å². The Morgan fingerprint density at radius 3 is 2.52 bits per heavy atom. The molecule has 2 amide bonds. The van der Waals surface area contributed by atoms with Crippen molar-refractivity contribution >= 4 is 29.3 Å². The number of hydrogen-bond acceptors (Lipinski definition) is 4. The third kappa shape index (κ3) is 4.32. The van der Waals surface area contributed by atoms with Crippen LogP contribution in [0, 0.1) is 0 Å². The highest BCUT2D eigenvalue weighted by atomic mass is 35.5. The summed E-state index contributed by atoms with van der Waals surface area (Å²) in [7, 11) is 2.03. The molecule has 21 heavy (non-hydrogen) atoms. The van der Waals surface area contributed by atoms with E-state index in [9.17, 15) is 9.59 Å². The minimum absolute atomic E-state index is 0.0472. The van der Waals surface area contributed by atoms with E-state index in [0.29, 0.717) is 5.69 Å². The van der Waals surface area contributed by atoms with Gasteiger partial charge in [0.05, 0.1) is 10.6 Å². The summed E-state index contributed by atoms with van der Waals surface area (Å²) in [5, 5.41) is 13.5. The van der Waals surface area contributed by atoms with Crippen LogP contribution in [0.3, 0.4) is 0 Å². The summed E-state index contributed by atoms with van der Waals surface area (Å²) in [4.78, 5) is 25.0. The number of nitrogens with zero attached hydrogens (tertiary/aromatic N) is 2. The SMILES string of the molecule is CN1CCN(NC(=O)Nc2ccc(Cl)c(C(=O)O)c2)CC1. The van der Waals surface area contributed by atoms with Gasteiger partial charge in [-0.1, -0.05) is 11.6 Å². The summed E-state index contributed by atoms with van der Waals surface area (Å²) in [5.41, 5.74) is 3.06. The van der Waals surface area contributed by atoms with Crippen LogP contribution < -0.4 is 10.7 Å². The van der Waals surface area contributed by atoms with Crippen molar-refractivity contribution in [1.29, 1.82) is 0 Å². The molecule has 114 valence electrons. The quantitative estimate of drug-likeness (QED) is 0.784. The Kier molecular flexibility index (Phi) is 5.00. The van der Waals surface area contributed by atoms with Gasteiger partial charge in [0.25, 0.3) is 0 Å². The number of carbonyl (C=O) groups is 2. The smallest absolute Gasteiger partial charge is 0.337 e. The van der Waals surface area contributed by atoms with E-state index in [1.165, 1.54) is 12.1 Å². The molecule has 1 aliphatic heterocycles. The second-order valence-electron chi connectivity index (χ2n) is 4.86. The Labute approximate surface area is 127 Å². The molecular weight excluding hydrogens is 296 g/mol. The van der Waals surface area contributed by atoms with Gasteiger partial charge in [0, 0.05) is 31.9 Å². The van der Waals surface area contributed by atoms with Gasteiger partial charge in [0.1, 0.15) is 0 Å². The first-order chi connectivity index (χ1) is 9.95. The number of carboxylic acids is 1. The lowest BCUT2D eigenvalue weighted by atomic mass is 10.2. The number of benzene rings is 1. The van der Waals surface area contributed by atoms with Gasteiger partial charge < -0.3 is 15.3 Å². The molecule has 0 aliphatic carbocycles. The molecule has 1 saturated heterocycles. The van der Waals surface area contributed by atoms with Crippen LogP contribution in [0.4, 0.5) is 10.5 Å². The first-order valence-electron chi connectivity index (χ1n) is 6.49. The van der Waals surface area contributed by atoms with Crippen molar-refractivity contribution in [3.8, 4) is 0 Å². The van der Waals surface area contributed by atoms with Gasteiger partial charge in [-0.15, -0.1) is 0 Å². The zero-order chi connectivity index (χ0) is 15.4. The molecule has 1 fully saturated rings. The zero-order valence-corrected chi connectivity index (χ0v) is 12.4. The predicted molar refractivity (Wildman–Crippen MR) is 79.6 cm³/mol. The van der Waals surface area contributed by atoms with Crippen molar-refractivity contribution in [3.63, 3.8) is 0 Å². The molecule has 0 saturated carbocycles. The van der Waals surface area contributed by atoms with Crippen molar-refractivity contribution < 1.29 is 14.7 Å². The standard InChI is InChI=1S/C13H17ClN4O3/c1-17-4-6-18(7-5-17)16-13(21)15-9-2-3-11(14)10(8-9)12(19)20/h2-3,8H,4-7H2,1H3,(H,19,20)(H2,15,16,21). The number of carboxylic acid groups (broad SMARTS) is 1. The van der Waals surface area contributed by atoms with E-state index < -0.39 is 12.0 Å². The minimum Gasteiger partial charge on any atom is -0.478 e. The molecule has 0 aromatic heterocycles. The Hall–Kier alpha value is -1.83. The molecule has 0 unspecified atom stereocenters. The van der Waals surface area contributed by atoms with Gasteiger partial charge in [0.2, 0.25) is 0 Å². The zero-order valence-electron chi connectivity index (χ0n) is 11.6. The van der Waals surface area contributed by atoms with Gasteiger partial charge in [-0.25, -0.2) is 14.6 Å². The van der Waals surface area contributed by atoms with Gasteiger partial charge >= 0.3 is 12.0 Å². The molecule has 0 bridgehead atoms. The number of urea groups is 1. The molecule has 2 rings (SSSR count). The second kappa shape index (κ2) is 6.75. The lowest BCUT2D eigenvalue weighted by Gasteiger charge is -2.32. The van der Waals surface area contributed by atoms with Crippen molar-refractivity contribution in [2.45, 2.75) is 0 Å². The van der Waals surface area contributed by atoms with Crippen LogP contribution in [-0.4, -0.2) is 60.2 Å². The van der Waals surface area contributed by atoms with Crippen molar-refractivity contribution in [1.82, 2.24) is 15.3 Å². The molecule has 8 heteroatoms. The topological polar surface area (TPSA) is 84.9 Å². The first-order valence-corrected chi connectivity index (χ1v) is 6.87. The largest absolute Gasteiger partial charge is 0.478 e. The maximum absolute atomic E-state index is 11.9. The fraction of sp³-hybridized carbons (Fsp3) is 0.385. The lowest BCUT2D eigenvalue weighted by molar-refractivity contribution is 0.0697. The number of aromatic carboxylic acids is 1. The van der Waals surface area contributed by atoms with Crippen LogP contribution in [0.1, 0.15) is 10.4 Å². The number of piperazine rings is 1. The molecular formula is C13H17ClN4O3. The second-order valence-corrected chi connectivity index (χ2v) is 5.26. The Morgan fingerprint density at radius 1 is 1.24 bits per heavy atom. The maximum Gasteiger partial charge on any atom is 0.337 e. The molecule has 0 spiro atoms. The Bertz CT molecular complexity index is 544. The monoisotopic (exact) mass is 312 g/mol. The van der Waals surface area contributed by atoms with Crippen LogP contribution in [0.15, 0.2) is 18.2 Å². The van der Waals surface area contributed by atoms with Crippen LogP contribution in [0.5, 0.6) is 0 Å². The summed E-state index contributed by atoms with van der Waals surface area (Å²) >= 11 is 5.77. The number of halogens is 1. The lowest BCUT2D eigenvalue weighted by Crippen LogP contribution is -2.53. The van der Waals surface area contributed by atoms with Crippen molar-refractivity contribution in [2.24, 2.45) is 0 Å². The van der Waals surface area contributed by atoms with Crippen LogP contribution in [0.2, 0.25) is 5.02 Å². The number of carbonyl (C=O) groups excluding carboxylic acids is 1.